The van der Waals surface area contributed by atoms with Crippen LogP contribution in [0.25, 0.3) is 21.7 Å². The molecule has 1 aliphatic rings. The highest BCUT2D eigenvalue weighted by Crippen LogP contribution is 2.37. The first-order valence-corrected chi connectivity index (χ1v) is 15.2. The van der Waals surface area contributed by atoms with Crippen LogP contribution in [0.2, 0.25) is 0 Å². The van der Waals surface area contributed by atoms with Crippen molar-refractivity contribution < 1.29 is 32.5 Å². The molecule has 4 aromatic carbocycles. The second kappa shape index (κ2) is 13.2. The van der Waals surface area contributed by atoms with Gasteiger partial charge < -0.3 is 24.8 Å². The number of anilines is 1. The number of carbonyl (C=O) groups excluding carboxylic acids is 1. The van der Waals surface area contributed by atoms with Gasteiger partial charge in [-0.3, -0.25) is 4.79 Å². The van der Waals surface area contributed by atoms with Crippen molar-refractivity contribution in [3.05, 3.63) is 89.7 Å². The van der Waals surface area contributed by atoms with E-state index in [0.717, 1.165) is 32.1 Å². The van der Waals surface area contributed by atoms with Crippen molar-refractivity contribution >= 4 is 33.3 Å². The Morgan fingerprint density at radius 1 is 0.978 bits per heavy atom. The molecule has 2 heterocycles. The Balaban J connectivity index is 1.17. The molecule has 1 aromatic heterocycles. The first-order chi connectivity index (χ1) is 22.2. The van der Waals surface area contributed by atoms with Crippen molar-refractivity contribution in [3.63, 3.8) is 0 Å². The van der Waals surface area contributed by atoms with Crippen LogP contribution in [0.3, 0.4) is 0 Å². The summed E-state index contributed by atoms with van der Waals surface area (Å²) in [5.74, 6) is 0.410. The fourth-order valence-corrected chi connectivity index (χ4v) is 5.80. The lowest BCUT2D eigenvalue weighted by molar-refractivity contribution is -0.138. The van der Waals surface area contributed by atoms with Gasteiger partial charge in [-0.1, -0.05) is 24.6 Å². The minimum absolute atomic E-state index is 0.0460. The van der Waals surface area contributed by atoms with E-state index >= 15 is 0 Å². The van der Waals surface area contributed by atoms with Crippen LogP contribution in [0.4, 0.5) is 18.9 Å². The Morgan fingerprint density at radius 2 is 1.78 bits per heavy atom. The molecule has 1 saturated heterocycles. The second-order valence-electron chi connectivity index (χ2n) is 11.3. The summed E-state index contributed by atoms with van der Waals surface area (Å²) in [5, 5.41) is 15.1. The summed E-state index contributed by atoms with van der Waals surface area (Å²) >= 11 is 0. The number of halogens is 3. The molecule has 0 radical (unpaired) electrons. The summed E-state index contributed by atoms with van der Waals surface area (Å²) in [7, 11) is 0. The highest BCUT2D eigenvalue weighted by Gasteiger charge is 2.33. The topological polar surface area (TPSA) is 96.8 Å². The number of ether oxygens (including phenoxy) is 2. The van der Waals surface area contributed by atoms with E-state index in [-0.39, 0.29) is 22.9 Å². The van der Waals surface area contributed by atoms with Gasteiger partial charge in [0.15, 0.2) is 11.5 Å². The maximum atomic E-state index is 13.4. The predicted molar refractivity (Wildman–Crippen MR) is 170 cm³/mol. The van der Waals surface area contributed by atoms with E-state index in [1.54, 1.807) is 42.5 Å². The van der Waals surface area contributed by atoms with Gasteiger partial charge in [0.05, 0.1) is 23.1 Å². The molecule has 0 bridgehead atoms. The van der Waals surface area contributed by atoms with E-state index in [1.807, 2.05) is 0 Å². The molecule has 0 saturated carbocycles. The number of hydrogen-bond donors (Lipinski definition) is 2. The van der Waals surface area contributed by atoms with Gasteiger partial charge in [0.2, 0.25) is 5.88 Å². The minimum atomic E-state index is -4.53. The zero-order valence-corrected chi connectivity index (χ0v) is 25.2. The molecule has 0 unspecified atom stereocenters. The van der Waals surface area contributed by atoms with Crippen LogP contribution in [0, 0.1) is 6.92 Å². The molecule has 2 N–H and O–H groups in total. The highest BCUT2D eigenvalue weighted by atomic mass is 19.4. The second-order valence-corrected chi connectivity index (χ2v) is 11.3. The number of aromatic nitrogens is 2. The van der Waals surface area contributed by atoms with Gasteiger partial charge in [-0.25, -0.2) is 9.97 Å². The molecule has 46 heavy (non-hydrogen) atoms. The number of phenols is 1. The third kappa shape index (κ3) is 6.84. The molecule has 5 aromatic rings. The van der Waals surface area contributed by atoms with Crippen molar-refractivity contribution in [2.75, 3.05) is 31.6 Å². The molecule has 1 fully saturated rings. The zero-order valence-electron chi connectivity index (χ0n) is 25.2. The number of carbonyl (C=O) groups is 1. The third-order valence-electron chi connectivity index (χ3n) is 8.20. The molecule has 11 heteroatoms. The van der Waals surface area contributed by atoms with Gasteiger partial charge >= 0.3 is 6.18 Å². The summed E-state index contributed by atoms with van der Waals surface area (Å²) in [5.41, 5.74) is 0.0540. The standard InChI is InChI=1S/C35H33F3N4O4/c1-22-28(35(36,37)38)10-6-11-29(22)41-33(44)26-9-5-8-23-18-24(12-13-25(23)26)46-34-27-19-31(43)32(20-30(27)39-21-40-34)45-17-7-16-42-14-3-2-4-15-42/h5-6,8-13,18-21,43H,2-4,7,14-17H2,1H3,(H,41,44). The number of phenolic OH excluding ortho intramolecular Hbond substituents is 1. The van der Waals surface area contributed by atoms with Crippen molar-refractivity contribution in [2.24, 2.45) is 0 Å². The molecular formula is C35H33F3N4O4. The van der Waals surface area contributed by atoms with Crippen LogP contribution in [0.5, 0.6) is 23.1 Å². The largest absolute Gasteiger partial charge is 0.504 e. The summed E-state index contributed by atoms with van der Waals surface area (Å²) in [4.78, 5) is 24.2. The van der Waals surface area contributed by atoms with E-state index in [1.165, 1.54) is 50.7 Å². The maximum Gasteiger partial charge on any atom is 0.416 e. The first-order valence-electron chi connectivity index (χ1n) is 15.2. The average Bonchev–Trinajstić information content (AvgIpc) is 3.04. The minimum Gasteiger partial charge on any atom is -0.504 e. The van der Waals surface area contributed by atoms with Crippen LogP contribution in [0.15, 0.2) is 73.1 Å². The monoisotopic (exact) mass is 630 g/mol. The fraction of sp³-hybridized carbons (Fsp3) is 0.286. The number of rotatable bonds is 9. The van der Waals surface area contributed by atoms with Crippen molar-refractivity contribution in [1.29, 1.82) is 0 Å². The molecule has 6 rings (SSSR count). The molecule has 0 atom stereocenters. The van der Waals surface area contributed by atoms with Gasteiger partial charge in [0.25, 0.3) is 5.91 Å². The van der Waals surface area contributed by atoms with E-state index in [4.69, 9.17) is 9.47 Å². The average molecular weight is 631 g/mol. The molecule has 1 amide bonds. The Morgan fingerprint density at radius 3 is 2.59 bits per heavy atom. The Labute approximate surface area is 263 Å². The van der Waals surface area contributed by atoms with E-state index in [9.17, 15) is 23.1 Å². The van der Waals surface area contributed by atoms with E-state index < -0.39 is 17.6 Å². The lowest BCUT2D eigenvalue weighted by atomic mass is 10.0. The quantitative estimate of drug-likeness (QED) is 0.159. The number of fused-ring (bicyclic) bond motifs is 2. The van der Waals surface area contributed by atoms with Gasteiger partial charge in [-0.15, -0.1) is 0 Å². The maximum absolute atomic E-state index is 13.4. The molecule has 1 aliphatic heterocycles. The number of likely N-dealkylation sites (tertiary alicyclic amines) is 1. The number of amides is 1. The molecule has 8 nitrogen and oxygen atoms in total. The van der Waals surface area contributed by atoms with Crippen molar-refractivity contribution in [3.8, 4) is 23.1 Å². The molecule has 0 spiro atoms. The predicted octanol–water partition coefficient (Wildman–Crippen LogP) is 8.12. The summed E-state index contributed by atoms with van der Waals surface area (Å²) in [6.07, 6.45) is 1.46. The number of nitrogens with one attached hydrogen (secondary N) is 1. The lowest BCUT2D eigenvalue weighted by Crippen LogP contribution is -2.31. The lowest BCUT2D eigenvalue weighted by Gasteiger charge is -2.26. The molecule has 0 aliphatic carbocycles. The van der Waals surface area contributed by atoms with Gasteiger partial charge in [-0.05, 0) is 98.1 Å². The third-order valence-corrected chi connectivity index (χ3v) is 8.20. The van der Waals surface area contributed by atoms with E-state index in [0.29, 0.717) is 45.3 Å². The molecular weight excluding hydrogens is 597 g/mol. The number of nitrogens with zero attached hydrogens (tertiary/aromatic N) is 3. The number of hydrogen-bond acceptors (Lipinski definition) is 7. The van der Waals surface area contributed by atoms with E-state index in [2.05, 4.69) is 20.2 Å². The summed E-state index contributed by atoms with van der Waals surface area (Å²) < 4.78 is 52.1. The zero-order chi connectivity index (χ0) is 32.3. The van der Waals surface area contributed by atoms with Crippen LogP contribution in [-0.2, 0) is 6.18 Å². The van der Waals surface area contributed by atoms with Crippen LogP contribution < -0.4 is 14.8 Å². The summed E-state index contributed by atoms with van der Waals surface area (Å²) in [6.45, 7) is 5.00. The van der Waals surface area contributed by atoms with Crippen molar-refractivity contribution in [2.45, 2.75) is 38.8 Å². The number of aromatic hydroxyl groups is 1. The Hall–Kier alpha value is -4.90. The molecule has 238 valence electrons. The van der Waals surface area contributed by atoms with Gasteiger partial charge in [0.1, 0.15) is 12.1 Å². The number of benzene rings is 4. The number of alkyl halides is 3. The smallest absolute Gasteiger partial charge is 0.416 e. The van der Waals surface area contributed by atoms with Gasteiger partial charge in [-0.2, -0.15) is 13.2 Å². The van der Waals surface area contributed by atoms with Gasteiger partial charge in [0, 0.05) is 23.9 Å². The SMILES string of the molecule is Cc1c(NC(=O)c2cccc3cc(Oc4ncnc5cc(OCCCN6CCCCC6)c(O)cc45)ccc23)cccc1C(F)(F)F. The Bertz CT molecular complexity index is 1890. The highest BCUT2D eigenvalue weighted by molar-refractivity contribution is 6.13. The number of piperidine rings is 1. The fourth-order valence-electron chi connectivity index (χ4n) is 5.80. The Kier molecular flexibility index (Phi) is 8.94. The van der Waals surface area contributed by atoms with Crippen LogP contribution in [0.1, 0.15) is 47.2 Å². The van der Waals surface area contributed by atoms with Crippen LogP contribution in [-0.4, -0.2) is 52.1 Å². The summed E-state index contributed by atoms with van der Waals surface area (Å²) in [6, 6.07) is 17.1. The first kappa shape index (κ1) is 31.1. The normalized spacial score (nSPS) is 14.0. The van der Waals surface area contributed by atoms with Crippen LogP contribution >= 0.6 is 0 Å². The van der Waals surface area contributed by atoms with Crippen molar-refractivity contribution in [1.82, 2.24) is 14.9 Å².